The van der Waals surface area contributed by atoms with E-state index in [9.17, 15) is 9.90 Å². The van der Waals surface area contributed by atoms with Crippen LogP contribution in [0.5, 0.6) is 5.75 Å². The SMILES string of the molecule is COC(=O)c1ccc2c(c1)N(C[C@@H]1CC[C@H]1[C@@H]1C[C@H](O)CCO1)C[C@@]1(CCCc3cc(Cl)ccc31)CO2. The first-order chi connectivity index (χ1) is 18.0. The molecule has 1 saturated carbocycles. The minimum atomic E-state index is -0.342. The van der Waals surface area contributed by atoms with Crippen LogP contribution in [0.2, 0.25) is 5.02 Å². The number of anilines is 1. The van der Waals surface area contributed by atoms with E-state index in [1.807, 2.05) is 18.2 Å². The Kier molecular flexibility index (Phi) is 6.85. The number of hydrogen-bond donors (Lipinski definition) is 1. The van der Waals surface area contributed by atoms with E-state index in [1.165, 1.54) is 18.2 Å². The average Bonchev–Trinajstić information content (AvgIpc) is 3.03. The number of benzene rings is 2. The van der Waals surface area contributed by atoms with Crippen LogP contribution in [-0.2, 0) is 21.3 Å². The first-order valence-electron chi connectivity index (χ1n) is 13.6. The molecule has 1 saturated heterocycles. The first-order valence-corrected chi connectivity index (χ1v) is 14.0. The quantitative estimate of drug-likeness (QED) is 0.556. The second-order valence-electron chi connectivity index (χ2n) is 11.4. The van der Waals surface area contributed by atoms with Crippen LogP contribution in [0.1, 0.15) is 60.0 Å². The van der Waals surface area contributed by atoms with Gasteiger partial charge in [-0.05, 0) is 98.2 Å². The molecule has 37 heavy (non-hydrogen) atoms. The zero-order valence-electron chi connectivity index (χ0n) is 21.5. The molecule has 6 rings (SSSR count). The molecule has 0 aromatic heterocycles. The number of fused-ring (bicyclic) bond motifs is 3. The summed E-state index contributed by atoms with van der Waals surface area (Å²) in [5, 5.41) is 11.0. The Morgan fingerprint density at radius 2 is 2.11 bits per heavy atom. The molecule has 2 aliphatic carbocycles. The number of aliphatic hydroxyl groups excluding tert-OH is 1. The lowest BCUT2D eigenvalue weighted by atomic mass is 9.67. The predicted octanol–water partition coefficient (Wildman–Crippen LogP) is 5.17. The van der Waals surface area contributed by atoms with Gasteiger partial charge in [-0.1, -0.05) is 17.7 Å². The molecule has 0 bridgehead atoms. The third kappa shape index (κ3) is 4.73. The molecule has 2 aromatic carbocycles. The molecule has 198 valence electrons. The van der Waals surface area contributed by atoms with Gasteiger partial charge in [0.2, 0.25) is 0 Å². The van der Waals surface area contributed by atoms with Crippen molar-refractivity contribution in [2.75, 3.05) is 38.3 Å². The van der Waals surface area contributed by atoms with Crippen molar-refractivity contribution in [1.29, 1.82) is 0 Å². The average molecular weight is 526 g/mol. The molecule has 2 aliphatic heterocycles. The largest absolute Gasteiger partial charge is 0.490 e. The van der Waals surface area contributed by atoms with Crippen molar-refractivity contribution in [3.63, 3.8) is 0 Å². The van der Waals surface area contributed by atoms with Gasteiger partial charge in [-0.25, -0.2) is 4.79 Å². The molecule has 0 amide bonds. The molecule has 0 unspecified atom stereocenters. The van der Waals surface area contributed by atoms with Crippen molar-refractivity contribution in [2.45, 2.75) is 62.6 Å². The van der Waals surface area contributed by atoms with Gasteiger partial charge in [0, 0.05) is 30.1 Å². The van der Waals surface area contributed by atoms with Gasteiger partial charge in [0.15, 0.2) is 0 Å². The van der Waals surface area contributed by atoms with E-state index in [2.05, 4.69) is 17.0 Å². The highest BCUT2D eigenvalue weighted by Crippen LogP contribution is 2.47. The third-order valence-electron chi connectivity index (χ3n) is 9.15. The lowest BCUT2D eigenvalue weighted by Gasteiger charge is -2.47. The summed E-state index contributed by atoms with van der Waals surface area (Å²) in [4.78, 5) is 14.9. The number of carbonyl (C=O) groups excluding carboxylic acids is 1. The molecular weight excluding hydrogens is 490 g/mol. The number of halogens is 1. The monoisotopic (exact) mass is 525 g/mol. The summed E-state index contributed by atoms with van der Waals surface area (Å²) in [6, 6.07) is 11.9. The van der Waals surface area contributed by atoms with Crippen LogP contribution < -0.4 is 9.64 Å². The van der Waals surface area contributed by atoms with Crippen LogP contribution in [0.15, 0.2) is 36.4 Å². The molecule has 2 aromatic rings. The minimum absolute atomic E-state index is 0.123. The maximum Gasteiger partial charge on any atom is 0.337 e. The number of nitrogens with zero attached hydrogens (tertiary/aromatic N) is 1. The van der Waals surface area contributed by atoms with E-state index >= 15 is 0 Å². The highest BCUT2D eigenvalue weighted by Gasteiger charge is 2.45. The Morgan fingerprint density at radius 1 is 1.22 bits per heavy atom. The number of methoxy groups -OCH3 is 1. The van der Waals surface area contributed by atoms with Crippen molar-refractivity contribution >= 4 is 23.3 Å². The molecule has 1 N–H and O–H groups in total. The van der Waals surface area contributed by atoms with Crippen molar-refractivity contribution in [3.05, 3.63) is 58.1 Å². The van der Waals surface area contributed by atoms with Crippen LogP contribution >= 0.6 is 11.6 Å². The number of aliphatic hydroxyl groups is 1. The Balaban J connectivity index is 1.35. The van der Waals surface area contributed by atoms with Crippen molar-refractivity contribution in [3.8, 4) is 5.75 Å². The number of esters is 1. The smallest absolute Gasteiger partial charge is 0.337 e. The summed E-state index contributed by atoms with van der Waals surface area (Å²) in [6.07, 6.45) is 6.76. The van der Waals surface area contributed by atoms with E-state index in [1.54, 1.807) is 6.07 Å². The Bertz CT molecular complexity index is 1170. The minimum Gasteiger partial charge on any atom is -0.490 e. The fourth-order valence-electron chi connectivity index (χ4n) is 7.06. The van der Waals surface area contributed by atoms with Crippen LogP contribution in [0.3, 0.4) is 0 Å². The number of hydrogen-bond acceptors (Lipinski definition) is 6. The summed E-state index contributed by atoms with van der Waals surface area (Å²) < 4.78 is 17.7. The van der Waals surface area contributed by atoms with Crippen molar-refractivity contribution in [1.82, 2.24) is 0 Å². The summed E-state index contributed by atoms with van der Waals surface area (Å²) >= 11 is 6.38. The third-order valence-corrected chi connectivity index (χ3v) is 9.39. The summed E-state index contributed by atoms with van der Waals surface area (Å²) in [5.41, 5.74) is 3.98. The van der Waals surface area contributed by atoms with Gasteiger partial charge >= 0.3 is 5.97 Å². The maximum atomic E-state index is 12.4. The maximum absolute atomic E-state index is 12.4. The fourth-order valence-corrected chi connectivity index (χ4v) is 7.26. The summed E-state index contributed by atoms with van der Waals surface area (Å²) in [5.74, 6) is 1.38. The fraction of sp³-hybridized carbons (Fsp3) is 0.567. The van der Waals surface area contributed by atoms with E-state index in [-0.39, 0.29) is 23.6 Å². The van der Waals surface area contributed by atoms with Gasteiger partial charge < -0.3 is 24.2 Å². The standard InChI is InChI=1S/C30H36ClNO5/c1-35-29(34)20-5-9-27-26(14-20)32(16-21-4-7-24(21)28-15-23(33)10-12-36-28)17-30(18-37-27)11-2-3-19-13-22(31)6-8-25(19)30/h5-6,8-9,13-14,21,23-24,28,33H,2-4,7,10-12,15-18H2,1H3/t21-,23+,24+,28-,30-/m0/s1. The van der Waals surface area contributed by atoms with Crippen LogP contribution in [0.25, 0.3) is 0 Å². The summed E-state index contributed by atoms with van der Waals surface area (Å²) in [7, 11) is 1.42. The molecule has 1 spiro atoms. The zero-order chi connectivity index (χ0) is 25.6. The van der Waals surface area contributed by atoms with Gasteiger partial charge in [-0.2, -0.15) is 0 Å². The second kappa shape index (κ2) is 10.1. The van der Waals surface area contributed by atoms with Gasteiger partial charge in [-0.3, -0.25) is 0 Å². The molecule has 4 aliphatic rings. The number of aryl methyl sites for hydroxylation is 1. The predicted molar refractivity (Wildman–Crippen MR) is 143 cm³/mol. The lowest BCUT2D eigenvalue weighted by molar-refractivity contribution is -0.101. The van der Waals surface area contributed by atoms with Gasteiger partial charge in [0.25, 0.3) is 0 Å². The topological polar surface area (TPSA) is 68.2 Å². The molecule has 2 heterocycles. The van der Waals surface area contributed by atoms with Crippen molar-refractivity contribution in [2.24, 2.45) is 11.8 Å². The van der Waals surface area contributed by atoms with E-state index in [0.717, 1.165) is 74.5 Å². The molecule has 0 radical (unpaired) electrons. The highest BCUT2D eigenvalue weighted by atomic mass is 35.5. The molecule has 2 fully saturated rings. The normalized spacial score (nSPS) is 30.9. The first kappa shape index (κ1) is 25.0. The zero-order valence-corrected chi connectivity index (χ0v) is 22.2. The van der Waals surface area contributed by atoms with Gasteiger partial charge in [-0.15, -0.1) is 0 Å². The van der Waals surface area contributed by atoms with Crippen LogP contribution in [-0.4, -0.2) is 56.7 Å². The summed E-state index contributed by atoms with van der Waals surface area (Å²) in [6.45, 7) is 2.91. The second-order valence-corrected chi connectivity index (χ2v) is 11.8. The Labute approximate surface area is 223 Å². The van der Waals surface area contributed by atoms with Gasteiger partial charge in [0.05, 0.1) is 37.2 Å². The highest BCUT2D eigenvalue weighted by molar-refractivity contribution is 6.30. The Hall–Kier alpha value is -2.28. The van der Waals surface area contributed by atoms with Gasteiger partial charge in [0.1, 0.15) is 5.75 Å². The van der Waals surface area contributed by atoms with Crippen molar-refractivity contribution < 1.29 is 24.1 Å². The number of rotatable bonds is 4. The van der Waals surface area contributed by atoms with Crippen LogP contribution in [0.4, 0.5) is 5.69 Å². The van der Waals surface area contributed by atoms with E-state index in [0.29, 0.717) is 30.6 Å². The molecule has 6 nitrogen and oxygen atoms in total. The molecule has 5 atom stereocenters. The lowest BCUT2D eigenvalue weighted by Crippen LogP contribution is -2.50. The molecule has 7 heteroatoms. The van der Waals surface area contributed by atoms with E-state index in [4.69, 9.17) is 25.8 Å². The van der Waals surface area contributed by atoms with Crippen LogP contribution in [0, 0.1) is 11.8 Å². The number of ether oxygens (including phenoxy) is 3. The molecular formula is C30H36ClNO5. The number of carbonyl (C=O) groups is 1. The van der Waals surface area contributed by atoms with E-state index < -0.39 is 0 Å². The Morgan fingerprint density at radius 3 is 2.89 bits per heavy atom.